The van der Waals surface area contributed by atoms with Crippen LogP contribution in [0.4, 0.5) is 5.69 Å². The van der Waals surface area contributed by atoms with E-state index < -0.39 is 0 Å². The molecule has 2 N–H and O–H groups in total. The summed E-state index contributed by atoms with van der Waals surface area (Å²) in [6.45, 7) is 1.11. The highest BCUT2D eigenvalue weighted by molar-refractivity contribution is 6.43. The van der Waals surface area contributed by atoms with Crippen LogP contribution in [0.3, 0.4) is 0 Å². The van der Waals surface area contributed by atoms with E-state index in [1.807, 2.05) is 12.1 Å². The predicted octanol–water partition coefficient (Wildman–Crippen LogP) is 3.57. The number of hydrogen-bond acceptors (Lipinski definition) is 2. The number of aliphatic hydroxyl groups excluding tert-OH is 1. The van der Waals surface area contributed by atoms with Gasteiger partial charge in [-0.15, -0.1) is 0 Å². The van der Waals surface area contributed by atoms with Crippen LogP contribution in [0.15, 0.2) is 18.2 Å². The second-order valence-electron chi connectivity index (χ2n) is 3.31. The number of benzene rings is 1. The van der Waals surface area contributed by atoms with Crippen LogP contribution < -0.4 is 5.32 Å². The van der Waals surface area contributed by atoms with E-state index in [0.29, 0.717) is 10.0 Å². The standard InChI is InChI=1S/C11H15Cl2NO/c12-9-5-4-6-10(11(9)13)14-7-2-1-3-8-15/h4-6,14-15H,1-3,7-8H2. The zero-order valence-corrected chi connectivity index (χ0v) is 9.98. The summed E-state index contributed by atoms with van der Waals surface area (Å²) in [6.07, 6.45) is 2.88. The lowest BCUT2D eigenvalue weighted by Crippen LogP contribution is -2.02. The van der Waals surface area contributed by atoms with E-state index in [2.05, 4.69) is 5.32 Å². The van der Waals surface area contributed by atoms with Crippen LogP contribution in [0.2, 0.25) is 10.0 Å². The Hall–Kier alpha value is -0.440. The Kier molecular flexibility index (Phi) is 5.84. The Balaban J connectivity index is 2.34. The zero-order valence-electron chi connectivity index (χ0n) is 8.47. The van der Waals surface area contributed by atoms with Crippen LogP contribution in [0.5, 0.6) is 0 Å². The molecule has 0 aliphatic rings. The predicted molar refractivity (Wildman–Crippen MR) is 65.9 cm³/mol. The summed E-state index contributed by atoms with van der Waals surface area (Å²) in [5.41, 5.74) is 0.869. The molecule has 0 saturated heterocycles. The minimum absolute atomic E-state index is 0.262. The molecule has 0 heterocycles. The second-order valence-corrected chi connectivity index (χ2v) is 4.10. The number of unbranched alkanes of at least 4 members (excludes halogenated alkanes) is 2. The van der Waals surface area contributed by atoms with E-state index in [0.717, 1.165) is 31.5 Å². The third-order valence-electron chi connectivity index (χ3n) is 2.10. The highest BCUT2D eigenvalue weighted by Crippen LogP contribution is 2.29. The minimum Gasteiger partial charge on any atom is -0.396 e. The summed E-state index contributed by atoms with van der Waals surface area (Å²) in [5.74, 6) is 0. The number of hydrogen-bond donors (Lipinski definition) is 2. The SMILES string of the molecule is OCCCCCNc1cccc(Cl)c1Cl. The van der Waals surface area contributed by atoms with Crippen LogP contribution in [-0.4, -0.2) is 18.3 Å². The van der Waals surface area contributed by atoms with Crippen LogP contribution in [-0.2, 0) is 0 Å². The Bertz CT molecular complexity index is 305. The molecule has 1 rings (SSSR count). The summed E-state index contributed by atoms with van der Waals surface area (Å²) in [5, 5.41) is 13.0. The number of nitrogens with one attached hydrogen (secondary N) is 1. The Morgan fingerprint density at radius 3 is 2.67 bits per heavy atom. The Labute approximate surface area is 100 Å². The first-order valence-electron chi connectivity index (χ1n) is 5.04. The van der Waals surface area contributed by atoms with Crippen molar-refractivity contribution in [2.24, 2.45) is 0 Å². The molecule has 0 bridgehead atoms. The van der Waals surface area contributed by atoms with Gasteiger partial charge in [-0.25, -0.2) is 0 Å². The van der Waals surface area contributed by atoms with E-state index in [-0.39, 0.29) is 6.61 Å². The maximum Gasteiger partial charge on any atom is 0.0823 e. The molecular formula is C11H15Cl2NO. The maximum absolute atomic E-state index is 8.60. The molecule has 0 unspecified atom stereocenters. The molecule has 1 aromatic carbocycles. The van der Waals surface area contributed by atoms with Crippen molar-refractivity contribution in [3.8, 4) is 0 Å². The Morgan fingerprint density at radius 1 is 1.13 bits per heavy atom. The molecule has 0 aliphatic carbocycles. The second kappa shape index (κ2) is 6.94. The summed E-state index contributed by atoms with van der Waals surface area (Å²) in [7, 11) is 0. The summed E-state index contributed by atoms with van der Waals surface area (Å²) >= 11 is 11.9. The third-order valence-corrected chi connectivity index (χ3v) is 2.92. The minimum atomic E-state index is 0.262. The van der Waals surface area contributed by atoms with Crippen LogP contribution in [0, 0.1) is 0 Å². The van der Waals surface area contributed by atoms with Crippen LogP contribution in [0.1, 0.15) is 19.3 Å². The van der Waals surface area contributed by atoms with Crippen molar-refractivity contribution in [2.45, 2.75) is 19.3 Å². The lowest BCUT2D eigenvalue weighted by atomic mass is 10.2. The average molecular weight is 248 g/mol. The van der Waals surface area contributed by atoms with E-state index in [1.165, 1.54) is 0 Å². The summed E-state index contributed by atoms with van der Waals surface area (Å²) < 4.78 is 0. The van der Waals surface area contributed by atoms with Gasteiger partial charge in [0.2, 0.25) is 0 Å². The van der Waals surface area contributed by atoms with Gasteiger partial charge in [-0.2, -0.15) is 0 Å². The van der Waals surface area contributed by atoms with Crippen molar-refractivity contribution in [3.05, 3.63) is 28.2 Å². The summed E-state index contributed by atoms with van der Waals surface area (Å²) in [4.78, 5) is 0. The van der Waals surface area contributed by atoms with Gasteiger partial charge in [-0.05, 0) is 31.4 Å². The van der Waals surface area contributed by atoms with Crippen LogP contribution >= 0.6 is 23.2 Å². The molecule has 0 aliphatic heterocycles. The molecule has 15 heavy (non-hydrogen) atoms. The van der Waals surface area contributed by atoms with Crippen molar-refractivity contribution < 1.29 is 5.11 Å². The molecule has 0 spiro atoms. The fourth-order valence-electron chi connectivity index (χ4n) is 1.28. The van der Waals surface area contributed by atoms with Gasteiger partial charge in [0.05, 0.1) is 15.7 Å². The van der Waals surface area contributed by atoms with E-state index in [9.17, 15) is 0 Å². The third kappa shape index (κ3) is 4.29. The van der Waals surface area contributed by atoms with Gasteiger partial charge >= 0.3 is 0 Å². The normalized spacial score (nSPS) is 10.3. The quantitative estimate of drug-likeness (QED) is 0.754. The molecule has 0 saturated carbocycles. The molecule has 1 aromatic rings. The average Bonchev–Trinajstić information content (AvgIpc) is 2.24. The maximum atomic E-state index is 8.60. The van der Waals surface area contributed by atoms with Crippen LogP contribution in [0.25, 0.3) is 0 Å². The number of halogens is 2. The fourth-order valence-corrected chi connectivity index (χ4v) is 1.64. The lowest BCUT2D eigenvalue weighted by Gasteiger charge is -2.08. The highest BCUT2D eigenvalue weighted by Gasteiger charge is 2.02. The first kappa shape index (κ1) is 12.6. The molecule has 0 amide bonds. The fraction of sp³-hybridized carbons (Fsp3) is 0.455. The first-order valence-corrected chi connectivity index (χ1v) is 5.80. The van der Waals surface area contributed by atoms with E-state index in [4.69, 9.17) is 28.3 Å². The molecule has 84 valence electrons. The number of anilines is 1. The molecular weight excluding hydrogens is 233 g/mol. The van der Waals surface area contributed by atoms with E-state index in [1.54, 1.807) is 6.07 Å². The van der Waals surface area contributed by atoms with E-state index >= 15 is 0 Å². The molecule has 4 heteroatoms. The zero-order chi connectivity index (χ0) is 11.1. The van der Waals surface area contributed by atoms with Crippen molar-refractivity contribution >= 4 is 28.9 Å². The topological polar surface area (TPSA) is 32.3 Å². The van der Waals surface area contributed by atoms with Gasteiger partial charge in [0.15, 0.2) is 0 Å². The largest absolute Gasteiger partial charge is 0.396 e. The lowest BCUT2D eigenvalue weighted by molar-refractivity contribution is 0.283. The van der Waals surface area contributed by atoms with Crippen molar-refractivity contribution in [1.29, 1.82) is 0 Å². The molecule has 0 radical (unpaired) electrons. The first-order chi connectivity index (χ1) is 7.25. The molecule has 0 aromatic heterocycles. The van der Waals surface area contributed by atoms with Crippen molar-refractivity contribution in [1.82, 2.24) is 0 Å². The Morgan fingerprint density at radius 2 is 1.93 bits per heavy atom. The van der Waals surface area contributed by atoms with Gasteiger partial charge < -0.3 is 10.4 Å². The highest BCUT2D eigenvalue weighted by atomic mass is 35.5. The molecule has 0 atom stereocenters. The van der Waals surface area contributed by atoms with Gasteiger partial charge in [-0.1, -0.05) is 29.3 Å². The van der Waals surface area contributed by atoms with Crippen molar-refractivity contribution in [3.63, 3.8) is 0 Å². The van der Waals surface area contributed by atoms with Gasteiger partial charge in [0, 0.05) is 13.2 Å². The summed E-state index contributed by atoms with van der Waals surface area (Å²) in [6, 6.07) is 5.53. The monoisotopic (exact) mass is 247 g/mol. The number of rotatable bonds is 6. The van der Waals surface area contributed by atoms with Gasteiger partial charge in [0.25, 0.3) is 0 Å². The molecule has 0 fully saturated rings. The smallest absolute Gasteiger partial charge is 0.0823 e. The van der Waals surface area contributed by atoms with Crippen molar-refractivity contribution in [2.75, 3.05) is 18.5 Å². The number of aliphatic hydroxyl groups is 1. The van der Waals surface area contributed by atoms with Gasteiger partial charge in [0.1, 0.15) is 0 Å². The molecule has 2 nitrogen and oxygen atoms in total. The van der Waals surface area contributed by atoms with Gasteiger partial charge in [-0.3, -0.25) is 0 Å².